The third-order valence-electron chi connectivity index (χ3n) is 2.53. The number of aromatic amines is 1. The van der Waals surface area contributed by atoms with Crippen LogP contribution < -0.4 is 5.56 Å². The monoisotopic (exact) mass is 196 g/mol. The summed E-state index contributed by atoms with van der Waals surface area (Å²) in [7, 11) is 0. The molecule has 15 heavy (non-hydrogen) atoms. The van der Waals surface area contributed by atoms with Gasteiger partial charge < -0.3 is 4.98 Å². The average molecular weight is 196 g/mol. The Morgan fingerprint density at radius 3 is 2.80 bits per heavy atom. The molecule has 72 valence electrons. The molecular weight excluding hydrogens is 188 g/mol. The standard InChI is InChI=1S/C12H8N2O/c15-12-10-6-5-8-3-1-2-4-9(8)11(10)13-7-14-12/h1-7H,(H,13,14,15). The molecule has 1 aromatic heterocycles. The van der Waals surface area contributed by atoms with Crippen molar-refractivity contribution in [3.63, 3.8) is 0 Å². The molecule has 0 saturated carbocycles. The molecule has 0 bridgehead atoms. The van der Waals surface area contributed by atoms with Gasteiger partial charge in [0.15, 0.2) is 0 Å². The molecule has 3 aromatic rings. The van der Waals surface area contributed by atoms with E-state index in [4.69, 9.17) is 0 Å². The minimum absolute atomic E-state index is 0.0919. The molecule has 1 heterocycles. The maximum absolute atomic E-state index is 11.5. The molecule has 1 N–H and O–H groups in total. The van der Waals surface area contributed by atoms with Crippen molar-refractivity contribution in [1.82, 2.24) is 9.97 Å². The summed E-state index contributed by atoms with van der Waals surface area (Å²) in [5.74, 6) is 0. The lowest BCUT2D eigenvalue weighted by molar-refractivity contribution is 1.18. The Bertz CT molecular complexity index is 700. The van der Waals surface area contributed by atoms with E-state index in [1.165, 1.54) is 6.33 Å². The van der Waals surface area contributed by atoms with Crippen LogP contribution in [-0.4, -0.2) is 9.97 Å². The summed E-state index contributed by atoms with van der Waals surface area (Å²) >= 11 is 0. The van der Waals surface area contributed by atoms with Gasteiger partial charge in [0.1, 0.15) is 0 Å². The quantitative estimate of drug-likeness (QED) is 0.559. The van der Waals surface area contributed by atoms with Gasteiger partial charge >= 0.3 is 0 Å². The van der Waals surface area contributed by atoms with E-state index in [0.29, 0.717) is 5.39 Å². The number of hydrogen-bond donors (Lipinski definition) is 1. The highest BCUT2D eigenvalue weighted by Gasteiger charge is 2.02. The summed E-state index contributed by atoms with van der Waals surface area (Å²) in [6.45, 7) is 0. The molecule has 0 aliphatic heterocycles. The fourth-order valence-electron chi connectivity index (χ4n) is 1.81. The van der Waals surface area contributed by atoms with Crippen LogP contribution in [0.15, 0.2) is 47.5 Å². The molecule has 0 aliphatic rings. The molecule has 0 spiro atoms. The van der Waals surface area contributed by atoms with Crippen molar-refractivity contribution in [3.8, 4) is 0 Å². The van der Waals surface area contributed by atoms with Crippen LogP contribution in [0.2, 0.25) is 0 Å². The summed E-state index contributed by atoms with van der Waals surface area (Å²) in [4.78, 5) is 18.3. The van der Waals surface area contributed by atoms with E-state index in [-0.39, 0.29) is 5.56 Å². The highest BCUT2D eigenvalue weighted by Crippen LogP contribution is 2.20. The van der Waals surface area contributed by atoms with E-state index < -0.39 is 0 Å². The Hall–Kier alpha value is -2.16. The van der Waals surface area contributed by atoms with Gasteiger partial charge in [0, 0.05) is 5.39 Å². The normalized spacial score (nSPS) is 10.9. The Balaban J connectivity index is 2.67. The van der Waals surface area contributed by atoms with Gasteiger partial charge in [-0.3, -0.25) is 4.79 Å². The topological polar surface area (TPSA) is 45.8 Å². The van der Waals surface area contributed by atoms with Crippen LogP contribution in [0.4, 0.5) is 0 Å². The van der Waals surface area contributed by atoms with Crippen molar-refractivity contribution in [3.05, 3.63) is 53.1 Å². The van der Waals surface area contributed by atoms with Crippen molar-refractivity contribution < 1.29 is 0 Å². The Morgan fingerprint density at radius 1 is 1.00 bits per heavy atom. The maximum Gasteiger partial charge on any atom is 0.258 e. The first kappa shape index (κ1) is 8.17. The van der Waals surface area contributed by atoms with Gasteiger partial charge in [0.25, 0.3) is 5.56 Å². The zero-order valence-corrected chi connectivity index (χ0v) is 7.90. The van der Waals surface area contributed by atoms with E-state index in [2.05, 4.69) is 9.97 Å². The molecule has 2 aromatic carbocycles. The number of fused-ring (bicyclic) bond motifs is 3. The number of nitrogens with one attached hydrogen (secondary N) is 1. The molecule has 0 radical (unpaired) electrons. The Kier molecular flexibility index (Phi) is 1.59. The molecular formula is C12H8N2O. The van der Waals surface area contributed by atoms with E-state index in [9.17, 15) is 4.79 Å². The van der Waals surface area contributed by atoms with Gasteiger partial charge in [-0.25, -0.2) is 4.98 Å². The zero-order valence-electron chi connectivity index (χ0n) is 7.90. The Morgan fingerprint density at radius 2 is 1.87 bits per heavy atom. The third kappa shape index (κ3) is 1.13. The molecule has 0 fully saturated rings. The van der Waals surface area contributed by atoms with Crippen molar-refractivity contribution >= 4 is 21.7 Å². The number of benzene rings is 2. The number of H-pyrrole nitrogens is 1. The molecule has 0 amide bonds. The number of nitrogens with zero attached hydrogens (tertiary/aromatic N) is 1. The largest absolute Gasteiger partial charge is 0.313 e. The molecule has 0 saturated heterocycles. The second kappa shape index (κ2) is 2.92. The van der Waals surface area contributed by atoms with Gasteiger partial charge in [-0.05, 0) is 11.5 Å². The highest BCUT2D eigenvalue weighted by molar-refractivity contribution is 6.04. The second-order valence-corrected chi connectivity index (χ2v) is 3.41. The van der Waals surface area contributed by atoms with E-state index in [1.807, 2.05) is 36.4 Å². The van der Waals surface area contributed by atoms with Crippen molar-refractivity contribution in [2.45, 2.75) is 0 Å². The SMILES string of the molecule is O=c1[nH]cnc2c1ccc1ccccc12. The van der Waals surface area contributed by atoms with E-state index >= 15 is 0 Å². The lowest BCUT2D eigenvalue weighted by Crippen LogP contribution is -2.05. The zero-order chi connectivity index (χ0) is 10.3. The molecule has 3 nitrogen and oxygen atoms in total. The van der Waals surface area contributed by atoms with Gasteiger partial charge in [-0.1, -0.05) is 30.3 Å². The predicted molar refractivity (Wildman–Crippen MR) is 59.9 cm³/mol. The van der Waals surface area contributed by atoms with Gasteiger partial charge in [0.05, 0.1) is 17.2 Å². The smallest absolute Gasteiger partial charge is 0.258 e. The van der Waals surface area contributed by atoms with E-state index in [1.54, 1.807) is 0 Å². The first-order valence-corrected chi connectivity index (χ1v) is 4.71. The number of rotatable bonds is 0. The fourth-order valence-corrected chi connectivity index (χ4v) is 1.81. The van der Waals surface area contributed by atoms with Crippen LogP contribution in [0.3, 0.4) is 0 Å². The van der Waals surface area contributed by atoms with Gasteiger partial charge in [-0.2, -0.15) is 0 Å². The average Bonchev–Trinajstić information content (AvgIpc) is 2.29. The molecule has 0 unspecified atom stereocenters. The summed E-state index contributed by atoms with van der Waals surface area (Å²) in [6, 6.07) is 11.7. The third-order valence-corrected chi connectivity index (χ3v) is 2.53. The minimum atomic E-state index is -0.0919. The summed E-state index contributed by atoms with van der Waals surface area (Å²) in [5, 5.41) is 2.75. The Labute approximate surface area is 85.4 Å². The summed E-state index contributed by atoms with van der Waals surface area (Å²) in [5.41, 5.74) is 0.669. The summed E-state index contributed by atoms with van der Waals surface area (Å²) in [6.07, 6.45) is 1.44. The number of hydrogen-bond acceptors (Lipinski definition) is 2. The maximum atomic E-state index is 11.5. The molecule has 0 aliphatic carbocycles. The van der Waals surface area contributed by atoms with Crippen LogP contribution in [0, 0.1) is 0 Å². The first-order valence-electron chi connectivity index (χ1n) is 4.71. The van der Waals surface area contributed by atoms with Crippen molar-refractivity contribution in [2.75, 3.05) is 0 Å². The molecule has 0 atom stereocenters. The van der Waals surface area contributed by atoms with Crippen molar-refractivity contribution in [2.24, 2.45) is 0 Å². The van der Waals surface area contributed by atoms with Crippen LogP contribution >= 0.6 is 0 Å². The van der Waals surface area contributed by atoms with Crippen LogP contribution in [0.25, 0.3) is 21.7 Å². The highest BCUT2D eigenvalue weighted by atomic mass is 16.1. The van der Waals surface area contributed by atoms with E-state index in [0.717, 1.165) is 16.3 Å². The predicted octanol–water partition coefficient (Wildman–Crippen LogP) is 2.08. The number of aromatic nitrogens is 2. The lowest BCUT2D eigenvalue weighted by Gasteiger charge is -2.00. The van der Waals surface area contributed by atoms with Crippen molar-refractivity contribution in [1.29, 1.82) is 0 Å². The van der Waals surface area contributed by atoms with Crippen LogP contribution in [0.5, 0.6) is 0 Å². The van der Waals surface area contributed by atoms with Gasteiger partial charge in [-0.15, -0.1) is 0 Å². The second-order valence-electron chi connectivity index (χ2n) is 3.41. The summed E-state index contributed by atoms with van der Waals surface area (Å²) < 4.78 is 0. The lowest BCUT2D eigenvalue weighted by atomic mass is 10.1. The van der Waals surface area contributed by atoms with Crippen LogP contribution in [-0.2, 0) is 0 Å². The van der Waals surface area contributed by atoms with Gasteiger partial charge in [0.2, 0.25) is 0 Å². The first-order chi connectivity index (χ1) is 7.36. The minimum Gasteiger partial charge on any atom is -0.313 e. The molecule has 3 rings (SSSR count). The van der Waals surface area contributed by atoms with Crippen LogP contribution in [0.1, 0.15) is 0 Å². The fraction of sp³-hybridized carbons (Fsp3) is 0. The molecule has 3 heteroatoms.